The zero-order valence-electron chi connectivity index (χ0n) is 10.9. The number of hydrogen-bond acceptors (Lipinski definition) is 1. The zero-order valence-corrected chi connectivity index (χ0v) is 11.6. The molecule has 0 aromatic heterocycles. The van der Waals surface area contributed by atoms with Crippen molar-refractivity contribution in [2.45, 2.75) is 38.0 Å². The van der Waals surface area contributed by atoms with Crippen molar-refractivity contribution in [2.75, 3.05) is 13.1 Å². The molecular weight excluding hydrogens is 246 g/mol. The molecule has 0 bridgehead atoms. The van der Waals surface area contributed by atoms with Crippen LogP contribution < -0.4 is 0 Å². The Hall–Kier alpha value is -1.02. The first kappa shape index (κ1) is 13.4. The van der Waals surface area contributed by atoms with E-state index < -0.39 is 0 Å². The van der Waals surface area contributed by atoms with Gasteiger partial charge >= 0.3 is 0 Å². The zero-order chi connectivity index (χ0) is 13.0. The number of alkyl halides is 1. The molecule has 1 aromatic rings. The normalized spacial score (nSPS) is 19.9. The highest BCUT2D eigenvalue weighted by Crippen LogP contribution is 2.17. The minimum Gasteiger partial charge on any atom is -0.341 e. The van der Waals surface area contributed by atoms with E-state index in [-0.39, 0.29) is 11.3 Å². The number of amides is 1. The van der Waals surface area contributed by atoms with Gasteiger partial charge in [0, 0.05) is 19.5 Å². The summed E-state index contributed by atoms with van der Waals surface area (Å²) in [5, 5.41) is 0.140. The quantitative estimate of drug-likeness (QED) is 0.769. The minimum absolute atomic E-state index is 0.140. The molecule has 0 N–H and O–H groups in total. The average molecular weight is 266 g/mol. The van der Waals surface area contributed by atoms with Gasteiger partial charge in [0.2, 0.25) is 5.91 Å². The molecule has 1 aromatic carbocycles. The van der Waals surface area contributed by atoms with E-state index in [4.69, 9.17) is 11.6 Å². The fourth-order valence-electron chi connectivity index (χ4n) is 2.44. The SMILES string of the molecule is Cc1ccccc1CCC(=O)N1CCCC(Cl)C1. The van der Waals surface area contributed by atoms with Gasteiger partial charge in [-0.2, -0.15) is 0 Å². The smallest absolute Gasteiger partial charge is 0.222 e. The van der Waals surface area contributed by atoms with Crippen LogP contribution in [0.3, 0.4) is 0 Å². The van der Waals surface area contributed by atoms with Gasteiger partial charge in [-0.15, -0.1) is 11.6 Å². The van der Waals surface area contributed by atoms with Gasteiger partial charge in [-0.25, -0.2) is 0 Å². The van der Waals surface area contributed by atoms with E-state index in [1.54, 1.807) is 0 Å². The lowest BCUT2D eigenvalue weighted by Crippen LogP contribution is -2.40. The van der Waals surface area contributed by atoms with E-state index >= 15 is 0 Å². The maximum atomic E-state index is 12.1. The predicted molar refractivity (Wildman–Crippen MR) is 75.0 cm³/mol. The van der Waals surface area contributed by atoms with Crippen LogP contribution in [0, 0.1) is 6.92 Å². The molecule has 0 aliphatic carbocycles. The van der Waals surface area contributed by atoms with Crippen molar-refractivity contribution in [3.63, 3.8) is 0 Å². The molecule has 2 rings (SSSR count). The molecule has 0 saturated carbocycles. The first-order valence-electron chi connectivity index (χ1n) is 6.63. The standard InChI is InChI=1S/C15H20ClNO/c1-12-5-2-3-6-13(12)8-9-15(18)17-10-4-7-14(16)11-17/h2-3,5-6,14H,4,7-11H2,1H3. The van der Waals surface area contributed by atoms with Crippen molar-refractivity contribution in [2.24, 2.45) is 0 Å². The molecule has 1 heterocycles. The monoisotopic (exact) mass is 265 g/mol. The van der Waals surface area contributed by atoms with Crippen molar-refractivity contribution < 1.29 is 4.79 Å². The number of benzene rings is 1. The number of nitrogens with zero attached hydrogens (tertiary/aromatic N) is 1. The van der Waals surface area contributed by atoms with Gasteiger partial charge in [0.05, 0.1) is 5.38 Å². The topological polar surface area (TPSA) is 20.3 Å². The molecule has 98 valence electrons. The highest BCUT2D eigenvalue weighted by Gasteiger charge is 2.21. The summed E-state index contributed by atoms with van der Waals surface area (Å²) in [6.07, 6.45) is 3.48. The summed E-state index contributed by atoms with van der Waals surface area (Å²) in [5.41, 5.74) is 2.53. The van der Waals surface area contributed by atoms with Gasteiger partial charge in [-0.1, -0.05) is 24.3 Å². The molecule has 2 nitrogen and oxygen atoms in total. The lowest BCUT2D eigenvalue weighted by molar-refractivity contribution is -0.131. The largest absolute Gasteiger partial charge is 0.341 e. The van der Waals surface area contributed by atoms with E-state index in [9.17, 15) is 4.79 Å². The fraction of sp³-hybridized carbons (Fsp3) is 0.533. The highest BCUT2D eigenvalue weighted by molar-refractivity contribution is 6.20. The van der Waals surface area contributed by atoms with Crippen LogP contribution in [-0.4, -0.2) is 29.3 Å². The van der Waals surface area contributed by atoms with Gasteiger partial charge in [0.15, 0.2) is 0 Å². The highest BCUT2D eigenvalue weighted by atomic mass is 35.5. The Bertz CT molecular complexity index is 419. The number of piperidine rings is 1. The van der Waals surface area contributed by atoms with Crippen molar-refractivity contribution in [1.82, 2.24) is 4.90 Å². The average Bonchev–Trinajstić information content (AvgIpc) is 2.37. The van der Waals surface area contributed by atoms with Crippen LogP contribution >= 0.6 is 11.6 Å². The van der Waals surface area contributed by atoms with Gasteiger partial charge < -0.3 is 4.90 Å². The lowest BCUT2D eigenvalue weighted by atomic mass is 10.0. The Morgan fingerprint density at radius 2 is 2.22 bits per heavy atom. The summed E-state index contributed by atoms with van der Waals surface area (Å²) in [6, 6.07) is 8.25. The number of hydrogen-bond donors (Lipinski definition) is 0. The van der Waals surface area contributed by atoms with Crippen LogP contribution in [0.4, 0.5) is 0 Å². The molecule has 1 aliphatic rings. The lowest BCUT2D eigenvalue weighted by Gasteiger charge is -2.30. The van der Waals surface area contributed by atoms with Gasteiger partial charge in [0.25, 0.3) is 0 Å². The summed E-state index contributed by atoms with van der Waals surface area (Å²) in [4.78, 5) is 14.0. The van der Waals surface area contributed by atoms with Crippen LogP contribution in [0.2, 0.25) is 0 Å². The molecule has 1 unspecified atom stereocenters. The third-order valence-electron chi connectivity index (χ3n) is 3.59. The Labute approximate surface area is 114 Å². The number of carbonyl (C=O) groups excluding carboxylic acids is 1. The van der Waals surface area contributed by atoms with Crippen LogP contribution in [0.15, 0.2) is 24.3 Å². The number of rotatable bonds is 3. The maximum absolute atomic E-state index is 12.1. The Morgan fingerprint density at radius 3 is 2.94 bits per heavy atom. The Kier molecular flexibility index (Phi) is 4.65. The minimum atomic E-state index is 0.140. The number of aryl methyl sites for hydroxylation is 2. The predicted octanol–water partition coefficient (Wildman–Crippen LogP) is 3.16. The molecule has 18 heavy (non-hydrogen) atoms. The first-order chi connectivity index (χ1) is 8.66. The first-order valence-corrected chi connectivity index (χ1v) is 7.07. The third kappa shape index (κ3) is 3.49. The summed E-state index contributed by atoms with van der Waals surface area (Å²) < 4.78 is 0. The summed E-state index contributed by atoms with van der Waals surface area (Å²) >= 11 is 6.10. The molecule has 0 spiro atoms. The summed E-state index contributed by atoms with van der Waals surface area (Å²) in [6.45, 7) is 3.68. The van der Waals surface area contributed by atoms with Crippen molar-refractivity contribution in [1.29, 1.82) is 0 Å². The summed E-state index contributed by atoms with van der Waals surface area (Å²) in [7, 11) is 0. The second-order valence-corrected chi connectivity index (χ2v) is 5.62. The maximum Gasteiger partial charge on any atom is 0.222 e. The van der Waals surface area contributed by atoms with E-state index in [0.717, 1.165) is 25.8 Å². The molecule has 0 radical (unpaired) electrons. The fourth-order valence-corrected chi connectivity index (χ4v) is 2.76. The van der Waals surface area contributed by atoms with E-state index in [0.29, 0.717) is 13.0 Å². The molecule has 1 aliphatic heterocycles. The molecule has 1 saturated heterocycles. The third-order valence-corrected chi connectivity index (χ3v) is 3.94. The van der Waals surface area contributed by atoms with E-state index in [1.165, 1.54) is 11.1 Å². The van der Waals surface area contributed by atoms with Gasteiger partial charge in [-0.3, -0.25) is 4.79 Å². The molecule has 1 fully saturated rings. The van der Waals surface area contributed by atoms with Gasteiger partial charge in [0.1, 0.15) is 0 Å². The van der Waals surface area contributed by atoms with Crippen LogP contribution in [0.25, 0.3) is 0 Å². The number of carbonyl (C=O) groups is 1. The molecule has 1 atom stereocenters. The second-order valence-electron chi connectivity index (χ2n) is 5.01. The van der Waals surface area contributed by atoms with Crippen molar-refractivity contribution in [3.05, 3.63) is 35.4 Å². The van der Waals surface area contributed by atoms with E-state index in [1.807, 2.05) is 17.0 Å². The number of halogens is 1. The molecule has 1 amide bonds. The number of likely N-dealkylation sites (tertiary alicyclic amines) is 1. The van der Waals surface area contributed by atoms with Crippen LogP contribution in [-0.2, 0) is 11.2 Å². The molecular formula is C15H20ClNO. The summed E-state index contributed by atoms with van der Waals surface area (Å²) in [5.74, 6) is 0.239. The van der Waals surface area contributed by atoms with Gasteiger partial charge in [-0.05, 0) is 37.3 Å². The van der Waals surface area contributed by atoms with Crippen LogP contribution in [0.5, 0.6) is 0 Å². The van der Waals surface area contributed by atoms with Crippen molar-refractivity contribution >= 4 is 17.5 Å². The van der Waals surface area contributed by atoms with Crippen LogP contribution in [0.1, 0.15) is 30.4 Å². The Morgan fingerprint density at radius 1 is 1.44 bits per heavy atom. The molecule has 3 heteroatoms. The second kappa shape index (κ2) is 6.24. The van der Waals surface area contributed by atoms with E-state index in [2.05, 4.69) is 19.1 Å². The Balaban J connectivity index is 1.86. The van der Waals surface area contributed by atoms with Crippen molar-refractivity contribution in [3.8, 4) is 0 Å².